The van der Waals surface area contributed by atoms with Gasteiger partial charge in [0.1, 0.15) is 0 Å². The average Bonchev–Trinajstić information content (AvgIpc) is 2.38. The Hall–Kier alpha value is -2.04. The fourth-order valence-electron chi connectivity index (χ4n) is 2.05. The molecule has 1 rings (SSSR count). The molecule has 0 saturated heterocycles. The molecule has 0 radical (unpaired) electrons. The van der Waals surface area contributed by atoms with E-state index in [1.807, 2.05) is 12.2 Å². The first-order chi connectivity index (χ1) is 9.10. The van der Waals surface area contributed by atoms with Crippen LogP contribution in [-0.4, -0.2) is 41.1 Å². The first-order valence-corrected chi connectivity index (χ1v) is 6.25. The van der Waals surface area contributed by atoms with Crippen molar-refractivity contribution in [2.45, 2.75) is 18.9 Å². The van der Waals surface area contributed by atoms with E-state index in [4.69, 9.17) is 5.11 Å². The first-order valence-electron chi connectivity index (χ1n) is 6.25. The Labute approximate surface area is 113 Å². The maximum absolute atomic E-state index is 12.1. The minimum atomic E-state index is -0.881. The third kappa shape index (κ3) is 4.28. The average molecular weight is 264 g/mol. The van der Waals surface area contributed by atoms with Crippen LogP contribution in [0, 0.1) is 5.92 Å². The molecule has 0 bridgehead atoms. The Morgan fingerprint density at radius 1 is 1.26 bits per heavy atom. The number of hydrogen-bond acceptors (Lipinski definition) is 2. The largest absolute Gasteiger partial charge is 0.481 e. The topological polar surface area (TPSA) is 69.6 Å². The standard InChI is InChI=1S/C14H20N2O3/c1-3-9-16(10-4-2)14(19)15-12-8-6-5-7-11(12)13(17)18/h3-6,11-12H,1-2,7-10H2,(H,15,19)(H,17,18)/t11-,12+/m1/s1. The molecule has 2 atom stereocenters. The summed E-state index contributed by atoms with van der Waals surface area (Å²) in [5.41, 5.74) is 0. The van der Waals surface area contributed by atoms with Crippen LogP contribution in [0.5, 0.6) is 0 Å². The van der Waals surface area contributed by atoms with Gasteiger partial charge in [0, 0.05) is 19.1 Å². The van der Waals surface area contributed by atoms with Gasteiger partial charge in [-0.2, -0.15) is 0 Å². The fraction of sp³-hybridized carbons (Fsp3) is 0.429. The third-order valence-electron chi connectivity index (χ3n) is 3.04. The Bertz CT molecular complexity index is 380. The van der Waals surface area contributed by atoms with Gasteiger partial charge >= 0.3 is 12.0 Å². The zero-order chi connectivity index (χ0) is 14.3. The van der Waals surface area contributed by atoms with Gasteiger partial charge in [-0.3, -0.25) is 4.79 Å². The first kappa shape index (κ1) is 15.0. The van der Waals surface area contributed by atoms with Gasteiger partial charge in [0.2, 0.25) is 0 Å². The van der Waals surface area contributed by atoms with E-state index in [-0.39, 0.29) is 12.1 Å². The van der Waals surface area contributed by atoms with Gasteiger partial charge in [-0.25, -0.2) is 4.79 Å². The molecule has 104 valence electrons. The summed E-state index contributed by atoms with van der Waals surface area (Å²) >= 11 is 0. The minimum absolute atomic E-state index is 0.286. The van der Waals surface area contributed by atoms with Gasteiger partial charge < -0.3 is 15.3 Å². The predicted molar refractivity (Wildman–Crippen MR) is 73.8 cm³/mol. The Morgan fingerprint density at radius 2 is 1.84 bits per heavy atom. The molecule has 0 aromatic heterocycles. The number of allylic oxidation sites excluding steroid dienone is 1. The van der Waals surface area contributed by atoms with Crippen LogP contribution < -0.4 is 5.32 Å². The Kier molecular flexibility index (Phi) is 5.85. The van der Waals surface area contributed by atoms with E-state index in [1.54, 1.807) is 12.2 Å². The van der Waals surface area contributed by atoms with Crippen LogP contribution in [-0.2, 0) is 4.79 Å². The monoisotopic (exact) mass is 264 g/mol. The lowest BCUT2D eigenvalue weighted by atomic mass is 9.89. The lowest BCUT2D eigenvalue weighted by Crippen LogP contribution is -2.49. The van der Waals surface area contributed by atoms with Crippen molar-refractivity contribution in [1.82, 2.24) is 10.2 Å². The lowest BCUT2D eigenvalue weighted by Gasteiger charge is -2.29. The van der Waals surface area contributed by atoms with Crippen LogP contribution in [0.2, 0.25) is 0 Å². The lowest BCUT2D eigenvalue weighted by molar-refractivity contribution is -0.142. The van der Waals surface area contributed by atoms with Crippen LogP contribution >= 0.6 is 0 Å². The molecule has 0 aromatic carbocycles. The van der Waals surface area contributed by atoms with E-state index in [1.165, 1.54) is 4.90 Å². The summed E-state index contributed by atoms with van der Waals surface area (Å²) in [6, 6.07) is -0.654. The number of carbonyl (C=O) groups is 2. The highest BCUT2D eigenvalue weighted by Crippen LogP contribution is 2.19. The summed E-state index contributed by atoms with van der Waals surface area (Å²) < 4.78 is 0. The van der Waals surface area contributed by atoms with Crippen molar-refractivity contribution in [2.75, 3.05) is 13.1 Å². The van der Waals surface area contributed by atoms with Crippen molar-refractivity contribution in [3.63, 3.8) is 0 Å². The highest BCUT2D eigenvalue weighted by atomic mass is 16.4. The Balaban J connectivity index is 2.67. The second-order valence-corrected chi connectivity index (χ2v) is 4.43. The maximum Gasteiger partial charge on any atom is 0.318 e. The van der Waals surface area contributed by atoms with E-state index in [0.717, 1.165) is 0 Å². The zero-order valence-electron chi connectivity index (χ0n) is 10.9. The number of hydrogen-bond donors (Lipinski definition) is 2. The summed E-state index contributed by atoms with van der Waals surface area (Å²) in [5, 5.41) is 11.9. The fourth-order valence-corrected chi connectivity index (χ4v) is 2.05. The molecule has 0 fully saturated rings. The van der Waals surface area contributed by atoms with Crippen molar-refractivity contribution in [3.05, 3.63) is 37.5 Å². The number of amides is 2. The minimum Gasteiger partial charge on any atom is -0.481 e. The van der Waals surface area contributed by atoms with Crippen LogP contribution in [0.3, 0.4) is 0 Å². The summed E-state index contributed by atoms with van der Waals surface area (Å²) in [4.78, 5) is 24.7. The molecule has 5 nitrogen and oxygen atoms in total. The highest BCUT2D eigenvalue weighted by Gasteiger charge is 2.30. The van der Waals surface area contributed by atoms with Crippen molar-refractivity contribution < 1.29 is 14.7 Å². The summed E-state index contributed by atoms with van der Waals surface area (Å²) in [6.45, 7) is 7.99. The molecule has 1 aliphatic rings. The molecule has 1 aliphatic carbocycles. The Morgan fingerprint density at radius 3 is 2.37 bits per heavy atom. The van der Waals surface area contributed by atoms with Gasteiger partial charge in [-0.05, 0) is 12.8 Å². The molecule has 2 N–H and O–H groups in total. The number of aliphatic carboxylic acids is 1. The number of carboxylic acid groups (broad SMARTS) is 1. The van der Waals surface area contributed by atoms with Gasteiger partial charge in [0.05, 0.1) is 5.92 Å². The second kappa shape index (κ2) is 7.41. The van der Waals surface area contributed by atoms with Gasteiger partial charge in [-0.15, -0.1) is 13.2 Å². The number of rotatable bonds is 6. The van der Waals surface area contributed by atoms with Crippen molar-refractivity contribution in [1.29, 1.82) is 0 Å². The molecule has 19 heavy (non-hydrogen) atoms. The van der Waals surface area contributed by atoms with Crippen LogP contribution in [0.25, 0.3) is 0 Å². The smallest absolute Gasteiger partial charge is 0.318 e. The summed E-state index contributed by atoms with van der Waals surface area (Å²) in [6.07, 6.45) is 7.97. The van der Waals surface area contributed by atoms with Crippen LogP contribution in [0.15, 0.2) is 37.5 Å². The van der Waals surface area contributed by atoms with E-state index < -0.39 is 11.9 Å². The quantitative estimate of drug-likeness (QED) is 0.719. The van der Waals surface area contributed by atoms with Gasteiger partial charge in [-0.1, -0.05) is 24.3 Å². The predicted octanol–water partition coefficient (Wildman–Crippen LogP) is 1.79. The van der Waals surface area contributed by atoms with Crippen LogP contribution in [0.1, 0.15) is 12.8 Å². The molecule has 0 heterocycles. The molecular formula is C14H20N2O3. The SMILES string of the molecule is C=CCN(CC=C)C(=O)N[C@H]1CC=CC[C@H]1C(=O)O. The number of urea groups is 1. The van der Waals surface area contributed by atoms with E-state index in [0.29, 0.717) is 25.9 Å². The number of carbonyl (C=O) groups excluding carboxylic acids is 1. The highest BCUT2D eigenvalue weighted by molar-refractivity contribution is 5.77. The molecule has 0 spiro atoms. The normalized spacial score (nSPS) is 21.5. The molecule has 2 amide bonds. The van der Waals surface area contributed by atoms with Gasteiger partial charge in [0.15, 0.2) is 0 Å². The molecule has 0 unspecified atom stereocenters. The zero-order valence-corrected chi connectivity index (χ0v) is 10.9. The molecule has 0 saturated carbocycles. The summed E-state index contributed by atoms with van der Waals surface area (Å²) in [5.74, 6) is -1.45. The number of nitrogens with zero attached hydrogens (tertiary/aromatic N) is 1. The van der Waals surface area contributed by atoms with Crippen LogP contribution in [0.4, 0.5) is 4.79 Å². The van der Waals surface area contributed by atoms with Crippen molar-refractivity contribution in [3.8, 4) is 0 Å². The molecular weight excluding hydrogens is 244 g/mol. The van der Waals surface area contributed by atoms with E-state index >= 15 is 0 Å². The van der Waals surface area contributed by atoms with Crippen molar-refractivity contribution in [2.24, 2.45) is 5.92 Å². The van der Waals surface area contributed by atoms with Crippen molar-refractivity contribution >= 4 is 12.0 Å². The second-order valence-electron chi connectivity index (χ2n) is 4.43. The van der Waals surface area contributed by atoms with E-state index in [2.05, 4.69) is 18.5 Å². The number of carboxylic acids is 1. The van der Waals surface area contributed by atoms with E-state index in [9.17, 15) is 9.59 Å². The third-order valence-corrected chi connectivity index (χ3v) is 3.04. The maximum atomic E-state index is 12.1. The number of nitrogens with one attached hydrogen (secondary N) is 1. The van der Waals surface area contributed by atoms with Gasteiger partial charge in [0.25, 0.3) is 0 Å². The molecule has 0 aromatic rings. The molecule has 5 heteroatoms. The molecule has 0 aliphatic heterocycles. The summed E-state index contributed by atoms with van der Waals surface area (Å²) in [7, 11) is 0.